The van der Waals surface area contributed by atoms with Crippen LogP contribution in [0.1, 0.15) is 17.9 Å². The number of rotatable bonds is 5. The Bertz CT molecular complexity index is 583. The highest BCUT2D eigenvalue weighted by Gasteiger charge is 2.32. The third-order valence-electron chi connectivity index (χ3n) is 3.87. The first-order valence-electron chi connectivity index (χ1n) is 7.36. The molecule has 0 spiro atoms. The van der Waals surface area contributed by atoms with Gasteiger partial charge in [-0.25, -0.2) is 0 Å². The molecule has 0 saturated carbocycles. The van der Waals surface area contributed by atoms with Crippen LogP contribution in [0.4, 0.5) is 0 Å². The molecular formula is C18H19NO2. The molecule has 1 unspecified atom stereocenters. The lowest BCUT2D eigenvalue weighted by atomic mass is 9.98. The van der Waals surface area contributed by atoms with Crippen LogP contribution in [-0.2, 0) is 4.79 Å². The second-order valence-electron chi connectivity index (χ2n) is 5.24. The number of hydrogen-bond donors (Lipinski definition) is 0. The Morgan fingerprint density at radius 2 is 1.67 bits per heavy atom. The van der Waals surface area contributed by atoms with Gasteiger partial charge in [-0.1, -0.05) is 48.5 Å². The van der Waals surface area contributed by atoms with Crippen LogP contribution in [0.3, 0.4) is 0 Å². The van der Waals surface area contributed by atoms with Gasteiger partial charge in [0.05, 0.1) is 12.5 Å². The summed E-state index contributed by atoms with van der Waals surface area (Å²) >= 11 is 0. The van der Waals surface area contributed by atoms with E-state index in [-0.39, 0.29) is 11.8 Å². The molecule has 1 aliphatic rings. The molecule has 0 N–H and O–H groups in total. The molecule has 0 radical (unpaired) electrons. The van der Waals surface area contributed by atoms with E-state index in [1.54, 1.807) is 0 Å². The van der Waals surface area contributed by atoms with Crippen molar-refractivity contribution in [3.8, 4) is 5.75 Å². The van der Waals surface area contributed by atoms with Crippen molar-refractivity contribution in [2.24, 2.45) is 0 Å². The first-order chi connectivity index (χ1) is 10.3. The van der Waals surface area contributed by atoms with Crippen molar-refractivity contribution in [2.45, 2.75) is 12.3 Å². The summed E-state index contributed by atoms with van der Waals surface area (Å²) in [5.41, 5.74) is 1.12. The predicted octanol–water partition coefficient (Wildman–Crippen LogP) is 3.08. The molecule has 0 aliphatic carbocycles. The standard InChI is InChI=1S/C18H19NO2/c20-18-17(15-7-3-1-4-8-15)11-12-19(18)13-14-21-16-9-5-2-6-10-16/h1-10,17H,11-14H2. The molecule has 0 bridgehead atoms. The minimum Gasteiger partial charge on any atom is -0.492 e. The molecule has 2 aromatic rings. The van der Waals surface area contributed by atoms with E-state index in [1.807, 2.05) is 65.6 Å². The number of amides is 1. The fraction of sp³-hybridized carbons (Fsp3) is 0.278. The van der Waals surface area contributed by atoms with Crippen LogP contribution in [0.5, 0.6) is 5.75 Å². The molecular weight excluding hydrogens is 262 g/mol. The van der Waals surface area contributed by atoms with Crippen molar-refractivity contribution in [3.63, 3.8) is 0 Å². The van der Waals surface area contributed by atoms with E-state index in [0.29, 0.717) is 13.2 Å². The highest BCUT2D eigenvalue weighted by Crippen LogP contribution is 2.28. The zero-order chi connectivity index (χ0) is 14.5. The largest absolute Gasteiger partial charge is 0.492 e. The van der Waals surface area contributed by atoms with Gasteiger partial charge in [-0.3, -0.25) is 4.79 Å². The van der Waals surface area contributed by atoms with Crippen LogP contribution in [0.2, 0.25) is 0 Å². The molecule has 2 aromatic carbocycles. The maximum Gasteiger partial charge on any atom is 0.230 e. The fourth-order valence-corrected chi connectivity index (χ4v) is 2.75. The minimum atomic E-state index is 0.0166. The molecule has 1 amide bonds. The first-order valence-corrected chi connectivity index (χ1v) is 7.36. The number of ether oxygens (including phenoxy) is 1. The maximum atomic E-state index is 12.4. The van der Waals surface area contributed by atoms with Gasteiger partial charge >= 0.3 is 0 Å². The number of benzene rings is 2. The summed E-state index contributed by atoms with van der Waals surface area (Å²) in [5.74, 6) is 1.09. The highest BCUT2D eigenvalue weighted by atomic mass is 16.5. The van der Waals surface area contributed by atoms with Gasteiger partial charge in [-0.15, -0.1) is 0 Å². The molecule has 1 atom stereocenters. The molecule has 21 heavy (non-hydrogen) atoms. The summed E-state index contributed by atoms with van der Waals surface area (Å²) < 4.78 is 5.66. The summed E-state index contributed by atoms with van der Waals surface area (Å²) in [7, 11) is 0. The molecule has 3 heteroatoms. The van der Waals surface area contributed by atoms with Crippen LogP contribution in [-0.4, -0.2) is 30.5 Å². The average Bonchev–Trinajstić information content (AvgIpc) is 2.90. The second kappa shape index (κ2) is 6.44. The number of carbonyl (C=O) groups is 1. The van der Waals surface area contributed by atoms with Gasteiger partial charge < -0.3 is 9.64 Å². The molecule has 1 heterocycles. The summed E-state index contributed by atoms with van der Waals surface area (Å²) in [6.45, 7) is 2.00. The Morgan fingerprint density at radius 3 is 2.38 bits per heavy atom. The summed E-state index contributed by atoms with van der Waals surface area (Å²) in [5, 5.41) is 0. The van der Waals surface area contributed by atoms with Gasteiger partial charge in [0.25, 0.3) is 0 Å². The van der Waals surface area contributed by atoms with Gasteiger partial charge in [0.2, 0.25) is 5.91 Å². The van der Waals surface area contributed by atoms with Crippen LogP contribution >= 0.6 is 0 Å². The summed E-state index contributed by atoms with van der Waals surface area (Å²) in [6, 6.07) is 19.7. The molecule has 0 aromatic heterocycles. The quantitative estimate of drug-likeness (QED) is 0.843. The highest BCUT2D eigenvalue weighted by molar-refractivity contribution is 5.85. The van der Waals surface area contributed by atoms with E-state index in [2.05, 4.69) is 0 Å². The lowest BCUT2D eigenvalue weighted by Crippen LogP contribution is -2.31. The van der Waals surface area contributed by atoms with Gasteiger partial charge in [0.15, 0.2) is 0 Å². The van der Waals surface area contributed by atoms with Crippen molar-refractivity contribution < 1.29 is 9.53 Å². The average molecular weight is 281 g/mol. The minimum absolute atomic E-state index is 0.0166. The maximum absolute atomic E-state index is 12.4. The molecule has 1 fully saturated rings. The molecule has 1 saturated heterocycles. The van der Waals surface area contributed by atoms with Crippen molar-refractivity contribution in [1.82, 2.24) is 4.90 Å². The number of likely N-dealkylation sites (tertiary alicyclic amines) is 1. The topological polar surface area (TPSA) is 29.5 Å². The Hall–Kier alpha value is -2.29. The number of para-hydroxylation sites is 1. The van der Waals surface area contributed by atoms with E-state index in [1.165, 1.54) is 0 Å². The van der Waals surface area contributed by atoms with Crippen molar-refractivity contribution in [3.05, 3.63) is 66.2 Å². The zero-order valence-electron chi connectivity index (χ0n) is 11.9. The number of carbonyl (C=O) groups excluding carboxylic acids is 1. The zero-order valence-corrected chi connectivity index (χ0v) is 11.9. The fourth-order valence-electron chi connectivity index (χ4n) is 2.75. The molecule has 3 rings (SSSR count). The van der Waals surface area contributed by atoms with E-state index >= 15 is 0 Å². The third-order valence-corrected chi connectivity index (χ3v) is 3.87. The smallest absolute Gasteiger partial charge is 0.230 e. The Morgan fingerprint density at radius 1 is 1.00 bits per heavy atom. The molecule has 1 aliphatic heterocycles. The monoisotopic (exact) mass is 281 g/mol. The van der Waals surface area contributed by atoms with Crippen LogP contribution in [0.15, 0.2) is 60.7 Å². The molecule has 3 nitrogen and oxygen atoms in total. The van der Waals surface area contributed by atoms with Gasteiger partial charge in [0, 0.05) is 6.54 Å². The molecule has 108 valence electrons. The van der Waals surface area contributed by atoms with E-state index in [4.69, 9.17) is 4.74 Å². The Balaban J connectivity index is 1.53. The lowest BCUT2D eigenvalue weighted by Gasteiger charge is -2.17. The van der Waals surface area contributed by atoms with Crippen LogP contribution < -0.4 is 4.74 Å². The van der Waals surface area contributed by atoms with E-state index < -0.39 is 0 Å². The van der Waals surface area contributed by atoms with E-state index in [0.717, 1.165) is 24.3 Å². The predicted molar refractivity (Wildman–Crippen MR) is 82.3 cm³/mol. The summed E-state index contributed by atoms with van der Waals surface area (Å²) in [4.78, 5) is 14.3. The van der Waals surface area contributed by atoms with Crippen molar-refractivity contribution in [2.75, 3.05) is 19.7 Å². The third kappa shape index (κ3) is 3.24. The van der Waals surface area contributed by atoms with Gasteiger partial charge in [-0.2, -0.15) is 0 Å². The van der Waals surface area contributed by atoms with Gasteiger partial charge in [-0.05, 0) is 24.1 Å². The Kier molecular flexibility index (Phi) is 4.20. The van der Waals surface area contributed by atoms with Crippen LogP contribution in [0, 0.1) is 0 Å². The first kappa shape index (κ1) is 13.7. The van der Waals surface area contributed by atoms with Gasteiger partial charge in [0.1, 0.15) is 12.4 Å². The Labute approximate surface area is 125 Å². The number of hydrogen-bond acceptors (Lipinski definition) is 2. The van der Waals surface area contributed by atoms with Crippen LogP contribution in [0.25, 0.3) is 0 Å². The number of nitrogens with zero attached hydrogens (tertiary/aromatic N) is 1. The SMILES string of the molecule is O=C1C(c2ccccc2)CCN1CCOc1ccccc1. The normalized spacial score (nSPS) is 18.0. The van der Waals surface area contributed by atoms with E-state index in [9.17, 15) is 4.79 Å². The lowest BCUT2D eigenvalue weighted by molar-refractivity contribution is -0.129. The summed E-state index contributed by atoms with van der Waals surface area (Å²) in [6.07, 6.45) is 0.897. The van der Waals surface area contributed by atoms with Crippen molar-refractivity contribution in [1.29, 1.82) is 0 Å². The van der Waals surface area contributed by atoms with Crippen molar-refractivity contribution >= 4 is 5.91 Å². The second-order valence-corrected chi connectivity index (χ2v) is 5.24.